The molecule has 0 aromatic carbocycles. The molecule has 0 radical (unpaired) electrons. The summed E-state index contributed by atoms with van der Waals surface area (Å²) in [7, 11) is 0. The number of nitrogens with zero attached hydrogens (tertiary/aromatic N) is 2. The molecule has 2 N–H and O–H groups in total. The van der Waals surface area contributed by atoms with Crippen molar-refractivity contribution in [2.45, 2.75) is 19.9 Å². The number of piperazine rings is 1. The zero-order valence-corrected chi connectivity index (χ0v) is 9.77. The molecule has 1 unspecified atom stereocenters. The van der Waals surface area contributed by atoms with E-state index in [-0.39, 0.29) is 12.6 Å². The number of likely N-dealkylation sites (N-methyl/N-ethyl adjacent to an activating group) is 1. The zero-order valence-electron chi connectivity index (χ0n) is 9.77. The van der Waals surface area contributed by atoms with Crippen LogP contribution in [0.1, 0.15) is 13.8 Å². The molecule has 1 fully saturated rings. The molecule has 1 aliphatic rings. The number of nitrogens with one attached hydrogen (secondary N) is 1. The Hall–Kier alpha value is -1.30. The van der Waals surface area contributed by atoms with Crippen molar-refractivity contribution in [2.24, 2.45) is 0 Å². The topological polar surface area (TPSA) is 72.9 Å². The van der Waals surface area contributed by atoms with E-state index in [4.69, 9.17) is 5.11 Å². The first-order chi connectivity index (χ1) is 7.54. The molecule has 0 aromatic rings. The third-order valence-electron chi connectivity index (χ3n) is 2.85. The summed E-state index contributed by atoms with van der Waals surface area (Å²) in [5, 5.41) is 10.8. The third-order valence-corrected chi connectivity index (χ3v) is 2.85. The predicted molar refractivity (Wildman–Crippen MR) is 59.3 cm³/mol. The molecule has 0 aliphatic carbocycles. The first kappa shape index (κ1) is 12.8. The Morgan fingerprint density at radius 2 is 2.12 bits per heavy atom. The van der Waals surface area contributed by atoms with Crippen LogP contribution in [0, 0.1) is 0 Å². The Morgan fingerprint density at radius 3 is 2.62 bits per heavy atom. The van der Waals surface area contributed by atoms with Gasteiger partial charge in [0.2, 0.25) is 0 Å². The van der Waals surface area contributed by atoms with Crippen LogP contribution < -0.4 is 5.32 Å². The summed E-state index contributed by atoms with van der Waals surface area (Å²) < 4.78 is 0. The highest BCUT2D eigenvalue weighted by molar-refractivity contribution is 5.80. The normalized spacial score (nSPS) is 21.9. The quantitative estimate of drug-likeness (QED) is 0.703. The maximum absolute atomic E-state index is 11.6. The van der Waals surface area contributed by atoms with Gasteiger partial charge in [0.25, 0.3) is 0 Å². The van der Waals surface area contributed by atoms with Crippen molar-refractivity contribution in [2.75, 3.05) is 32.7 Å². The van der Waals surface area contributed by atoms with Crippen molar-refractivity contribution >= 4 is 12.0 Å². The molecule has 1 atom stereocenters. The van der Waals surface area contributed by atoms with Gasteiger partial charge in [-0.25, -0.2) is 4.79 Å². The number of carbonyl (C=O) groups is 2. The summed E-state index contributed by atoms with van der Waals surface area (Å²) in [4.78, 5) is 25.8. The fourth-order valence-electron chi connectivity index (χ4n) is 1.91. The predicted octanol–water partition coefficient (Wildman–Crippen LogP) is -0.193. The minimum atomic E-state index is -1.02. The van der Waals surface area contributed by atoms with Gasteiger partial charge in [-0.2, -0.15) is 0 Å². The highest BCUT2D eigenvalue weighted by atomic mass is 16.4. The molecule has 92 valence electrons. The molecule has 1 rings (SSSR count). The first-order valence-electron chi connectivity index (χ1n) is 5.53. The maximum atomic E-state index is 11.6. The van der Waals surface area contributed by atoms with Crippen LogP contribution in [-0.2, 0) is 4.79 Å². The molecule has 2 amide bonds. The van der Waals surface area contributed by atoms with Gasteiger partial charge in [0, 0.05) is 25.7 Å². The number of amides is 2. The molecule has 6 nitrogen and oxygen atoms in total. The van der Waals surface area contributed by atoms with E-state index in [1.807, 2.05) is 0 Å². The summed E-state index contributed by atoms with van der Waals surface area (Å²) in [5.41, 5.74) is 0. The Morgan fingerprint density at radius 1 is 1.44 bits per heavy atom. The zero-order chi connectivity index (χ0) is 12.1. The van der Waals surface area contributed by atoms with E-state index in [0.717, 1.165) is 13.1 Å². The van der Waals surface area contributed by atoms with Crippen molar-refractivity contribution < 1.29 is 14.7 Å². The van der Waals surface area contributed by atoms with Gasteiger partial charge >= 0.3 is 12.0 Å². The number of aliphatic carboxylic acids is 1. The van der Waals surface area contributed by atoms with E-state index in [2.05, 4.69) is 24.1 Å². The highest BCUT2D eigenvalue weighted by Gasteiger charge is 2.25. The van der Waals surface area contributed by atoms with Crippen LogP contribution in [0.2, 0.25) is 0 Å². The van der Waals surface area contributed by atoms with E-state index in [1.54, 1.807) is 4.90 Å². The van der Waals surface area contributed by atoms with E-state index in [1.165, 1.54) is 0 Å². The average Bonchev–Trinajstić information content (AvgIpc) is 2.25. The standard InChI is InChI=1S/C10H19N3O3/c1-3-12-4-5-13(7-8(12)2)10(16)11-6-9(14)15/h8H,3-7H2,1-2H3,(H,11,16)(H,14,15). The molecule has 1 saturated heterocycles. The molecule has 6 heteroatoms. The summed E-state index contributed by atoms with van der Waals surface area (Å²) in [6.45, 7) is 6.98. The van der Waals surface area contributed by atoms with Crippen LogP contribution >= 0.6 is 0 Å². The smallest absolute Gasteiger partial charge is 0.323 e. The SMILES string of the molecule is CCN1CCN(C(=O)NCC(=O)O)CC1C. The van der Waals surface area contributed by atoms with Gasteiger partial charge in [-0.3, -0.25) is 9.69 Å². The number of rotatable bonds is 3. The number of carbonyl (C=O) groups excluding carboxylic acids is 1. The summed E-state index contributed by atoms with van der Waals surface area (Å²) in [5.74, 6) is -1.02. The summed E-state index contributed by atoms with van der Waals surface area (Å²) in [6.07, 6.45) is 0. The largest absolute Gasteiger partial charge is 0.480 e. The lowest BCUT2D eigenvalue weighted by Crippen LogP contribution is -2.56. The fourth-order valence-corrected chi connectivity index (χ4v) is 1.91. The number of carboxylic acid groups (broad SMARTS) is 1. The van der Waals surface area contributed by atoms with E-state index in [0.29, 0.717) is 19.1 Å². The molecule has 0 spiro atoms. The number of carboxylic acids is 1. The molecular weight excluding hydrogens is 210 g/mol. The van der Waals surface area contributed by atoms with Crippen LogP contribution in [-0.4, -0.2) is 65.7 Å². The van der Waals surface area contributed by atoms with Crippen molar-refractivity contribution in [3.8, 4) is 0 Å². The number of urea groups is 1. The third kappa shape index (κ3) is 3.37. The molecule has 0 bridgehead atoms. The lowest BCUT2D eigenvalue weighted by Gasteiger charge is -2.39. The minimum Gasteiger partial charge on any atom is -0.480 e. The van der Waals surface area contributed by atoms with Gasteiger partial charge in [-0.05, 0) is 13.5 Å². The number of hydrogen-bond donors (Lipinski definition) is 2. The summed E-state index contributed by atoms with van der Waals surface area (Å²) >= 11 is 0. The van der Waals surface area contributed by atoms with Crippen LogP contribution in [0.3, 0.4) is 0 Å². The van der Waals surface area contributed by atoms with Gasteiger partial charge in [-0.15, -0.1) is 0 Å². The lowest BCUT2D eigenvalue weighted by atomic mass is 10.2. The molecular formula is C10H19N3O3. The molecule has 1 heterocycles. The average molecular weight is 229 g/mol. The van der Waals surface area contributed by atoms with Crippen LogP contribution in [0.15, 0.2) is 0 Å². The van der Waals surface area contributed by atoms with Gasteiger partial charge in [0.1, 0.15) is 6.54 Å². The second-order valence-electron chi connectivity index (χ2n) is 3.98. The maximum Gasteiger partial charge on any atom is 0.323 e. The van der Waals surface area contributed by atoms with Gasteiger partial charge in [0.15, 0.2) is 0 Å². The van der Waals surface area contributed by atoms with E-state index >= 15 is 0 Å². The highest BCUT2D eigenvalue weighted by Crippen LogP contribution is 2.08. The van der Waals surface area contributed by atoms with Gasteiger partial charge in [0.05, 0.1) is 0 Å². The van der Waals surface area contributed by atoms with E-state index < -0.39 is 5.97 Å². The second-order valence-corrected chi connectivity index (χ2v) is 3.98. The molecule has 1 aliphatic heterocycles. The lowest BCUT2D eigenvalue weighted by molar-refractivity contribution is -0.135. The van der Waals surface area contributed by atoms with Crippen molar-refractivity contribution in [1.82, 2.24) is 15.1 Å². The van der Waals surface area contributed by atoms with Crippen LogP contribution in [0.25, 0.3) is 0 Å². The Kier molecular flexibility index (Phi) is 4.54. The van der Waals surface area contributed by atoms with Crippen molar-refractivity contribution in [3.63, 3.8) is 0 Å². The Bertz CT molecular complexity index is 270. The Balaban J connectivity index is 2.39. The Labute approximate surface area is 95.2 Å². The van der Waals surface area contributed by atoms with Crippen LogP contribution in [0.4, 0.5) is 4.79 Å². The van der Waals surface area contributed by atoms with Gasteiger partial charge in [-0.1, -0.05) is 6.92 Å². The first-order valence-corrected chi connectivity index (χ1v) is 5.53. The van der Waals surface area contributed by atoms with Gasteiger partial charge < -0.3 is 15.3 Å². The monoisotopic (exact) mass is 229 g/mol. The van der Waals surface area contributed by atoms with Crippen molar-refractivity contribution in [1.29, 1.82) is 0 Å². The molecule has 0 aromatic heterocycles. The van der Waals surface area contributed by atoms with Crippen LogP contribution in [0.5, 0.6) is 0 Å². The fraction of sp³-hybridized carbons (Fsp3) is 0.800. The van der Waals surface area contributed by atoms with E-state index in [9.17, 15) is 9.59 Å². The molecule has 16 heavy (non-hydrogen) atoms. The van der Waals surface area contributed by atoms with Crippen molar-refractivity contribution in [3.05, 3.63) is 0 Å². The second kappa shape index (κ2) is 5.69. The molecule has 0 saturated carbocycles. The minimum absolute atomic E-state index is 0.287. The summed E-state index contributed by atoms with van der Waals surface area (Å²) in [6, 6.07) is 0.0410. The number of hydrogen-bond acceptors (Lipinski definition) is 3.